The van der Waals surface area contributed by atoms with Crippen LogP contribution < -0.4 is 4.74 Å². The van der Waals surface area contributed by atoms with Crippen molar-refractivity contribution in [2.75, 3.05) is 12.3 Å². The number of allylic oxidation sites excluding steroid dienone is 2. The molecule has 0 radical (unpaired) electrons. The number of rotatable bonds is 2. The number of alkyl halides is 3. The summed E-state index contributed by atoms with van der Waals surface area (Å²) in [5.41, 5.74) is 1.07. The molecule has 0 amide bonds. The minimum atomic E-state index is -4.76. The number of fused-ring (bicyclic) bond motifs is 1. The predicted molar refractivity (Wildman–Crippen MR) is 78.2 cm³/mol. The van der Waals surface area contributed by atoms with Crippen molar-refractivity contribution in [1.82, 2.24) is 4.90 Å². The number of ether oxygens (including phenoxy) is 1. The summed E-state index contributed by atoms with van der Waals surface area (Å²) < 4.78 is 67.4. The molecule has 0 N–H and O–H groups in total. The van der Waals surface area contributed by atoms with Gasteiger partial charge in [0.05, 0.1) is 5.75 Å². The third kappa shape index (κ3) is 3.55. The Balaban J connectivity index is 1.93. The minimum absolute atomic E-state index is 0.0769. The Morgan fingerprint density at radius 1 is 1.17 bits per heavy atom. The van der Waals surface area contributed by atoms with Crippen molar-refractivity contribution in [1.29, 1.82) is 0 Å². The quantitative estimate of drug-likeness (QED) is 0.827. The van der Waals surface area contributed by atoms with Gasteiger partial charge in [0.2, 0.25) is 0 Å². The third-order valence-corrected chi connectivity index (χ3v) is 4.41. The van der Waals surface area contributed by atoms with Gasteiger partial charge in [0.1, 0.15) is 5.75 Å². The van der Waals surface area contributed by atoms with Gasteiger partial charge in [-0.3, -0.25) is 0 Å². The zero-order valence-corrected chi connectivity index (χ0v) is 12.4. The lowest BCUT2D eigenvalue weighted by atomic mass is 10.0. The number of amidine groups is 1. The van der Waals surface area contributed by atoms with Crippen LogP contribution in [0.25, 0.3) is 5.57 Å². The highest BCUT2D eigenvalue weighted by molar-refractivity contribution is 7.90. The van der Waals surface area contributed by atoms with Crippen LogP contribution >= 0.6 is 0 Å². The SMILES string of the molecule is O=S1(=O)CCN2C=CC=C(c3ccc(OC(F)(F)F)cc3)C2=N1. The molecule has 1 aromatic carbocycles. The molecule has 0 unspecified atom stereocenters. The Kier molecular flexibility index (Phi) is 3.67. The van der Waals surface area contributed by atoms with Crippen LogP contribution in [0.15, 0.2) is 47.0 Å². The first-order chi connectivity index (χ1) is 10.7. The van der Waals surface area contributed by atoms with E-state index in [9.17, 15) is 21.6 Å². The molecule has 0 aromatic heterocycles. The highest BCUT2D eigenvalue weighted by Crippen LogP contribution is 2.28. The van der Waals surface area contributed by atoms with Gasteiger partial charge in [-0.2, -0.15) is 0 Å². The van der Waals surface area contributed by atoms with E-state index in [4.69, 9.17) is 0 Å². The standard InChI is InChI=1S/C14H11F3N2O3S/c15-14(16,17)22-11-5-3-10(4-6-11)12-2-1-7-19-8-9-23(20,21)18-13(12)19/h1-7H,8-9H2. The largest absolute Gasteiger partial charge is 0.573 e. The fourth-order valence-corrected chi connectivity index (χ4v) is 3.26. The minimum Gasteiger partial charge on any atom is -0.406 e. The first kappa shape index (κ1) is 15.6. The summed E-state index contributed by atoms with van der Waals surface area (Å²) >= 11 is 0. The van der Waals surface area contributed by atoms with Gasteiger partial charge in [-0.05, 0) is 29.8 Å². The van der Waals surface area contributed by atoms with Crippen LogP contribution in [0.3, 0.4) is 0 Å². The lowest BCUT2D eigenvalue weighted by Crippen LogP contribution is -2.37. The smallest absolute Gasteiger partial charge is 0.406 e. The van der Waals surface area contributed by atoms with Crippen molar-refractivity contribution >= 4 is 21.4 Å². The van der Waals surface area contributed by atoms with Crippen LogP contribution in [-0.2, 0) is 10.0 Å². The second kappa shape index (κ2) is 5.41. The van der Waals surface area contributed by atoms with E-state index >= 15 is 0 Å². The summed E-state index contributed by atoms with van der Waals surface area (Å²) in [4.78, 5) is 1.69. The molecule has 0 aliphatic carbocycles. The second-order valence-corrected chi connectivity index (χ2v) is 6.64. The van der Waals surface area contributed by atoms with Crippen molar-refractivity contribution in [2.24, 2.45) is 4.40 Å². The Hall–Kier alpha value is -2.29. The van der Waals surface area contributed by atoms with Gasteiger partial charge >= 0.3 is 6.36 Å². The van der Waals surface area contributed by atoms with E-state index in [-0.39, 0.29) is 23.9 Å². The van der Waals surface area contributed by atoms with E-state index in [2.05, 4.69) is 9.13 Å². The fourth-order valence-electron chi connectivity index (χ4n) is 2.28. The Morgan fingerprint density at radius 3 is 2.52 bits per heavy atom. The molecular weight excluding hydrogens is 333 g/mol. The first-order valence-corrected chi connectivity index (χ1v) is 8.19. The number of benzene rings is 1. The highest BCUT2D eigenvalue weighted by atomic mass is 32.2. The molecule has 0 saturated heterocycles. The monoisotopic (exact) mass is 344 g/mol. The van der Waals surface area contributed by atoms with E-state index in [0.29, 0.717) is 11.1 Å². The zero-order valence-electron chi connectivity index (χ0n) is 11.6. The number of halogens is 3. The molecule has 5 nitrogen and oxygen atoms in total. The topological polar surface area (TPSA) is 59.0 Å². The Morgan fingerprint density at radius 2 is 1.87 bits per heavy atom. The maximum Gasteiger partial charge on any atom is 0.573 e. The van der Waals surface area contributed by atoms with Crippen molar-refractivity contribution in [3.8, 4) is 5.75 Å². The molecule has 9 heteroatoms. The lowest BCUT2D eigenvalue weighted by Gasteiger charge is -2.29. The van der Waals surface area contributed by atoms with Crippen molar-refractivity contribution in [3.63, 3.8) is 0 Å². The van der Waals surface area contributed by atoms with Crippen LogP contribution in [0.2, 0.25) is 0 Å². The number of hydrogen-bond acceptors (Lipinski definition) is 4. The molecule has 2 aliphatic heterocycles. The molecule has 0 fully saturated rings. The van der Waals surface area contributed by atoms with Crippen molar-refractivity contribution < 1.29 is 26.3 Å². The van der Waals surface area contributed by atoms with Gasteiger partial charge in [-0.1, -0.05) is 12.1 Å². The van der Waals surface area contributed by atoms with Gasteiger partial charge in [0, 0.05) is 18.3 Å². The molecule has 2 aliphatic rings. The molecule has 0 bridgehead atoms. The van der Waals surface area contributed by atoms with E-state index in [1.165, 1.54) is 24.3 Å². The molecule has 1 aromatic rings. The normalized spacial score (nSPS) is 19.7. The molecule has 3 rings (SSSR count). The highest BCUT2D eigenvalue weighted by Gasteiger charge is 2.31. The average molecular weight is 344 g/mol. The molecule has 0 saturated carbocycles. The number of hydrogen-bond donors (Lipinski definition) is 0. The second-order valence-electron chi connectivity index (χ2n) is 4.89. The molecular formula is C14H11F3N2O3S. The molecule has 23 heavy (non-hydrogen) atoms. The third-order valence-electron chi connectivity index (χ3n) is 3.26. The fraction of sp³-hybridized carbons (Fsp3) is 0.214. The summed E-state index contributed by atoms with van der Waals surface area (Å²) in [6.07, 6.45) is 0.340. The van der Waals surface area contributed by atoms with Crippen LogP contribution in [0, 0.1) is 0 Å². The van der Waals surface area contributed by atoms with Crippen LogP contribution in [-0.4, -0.2) is 37.8 Å². The maximum atomic E-state index is 12.2. The van der Waals surface area contributed by atoms with Crippen LogP contribution in [0.1, 0.15) is 5.56 Å². The van der Waals surface area contributed by atoms with Gasteiger partial charge in [0.25, 0.3) is 10.0 Å². The molecule has 2 heterocycles. The maximum absolute atomic E-state index is 12.2. The van der Waals surface area contributed by atoms with E-state index in [1.807, 2.05) is 0 Å². The zero-order chi connectivity index (χ0) is 16.7. The Bertz CT molecular complexity index is 809. The van der Waals surface area contributed by atoms with Crippen LogP contribution in [0.5, 0.6) is 5.75 Å². The van der Waals surface area contributed by atoms with Crippen molar-refractivity contribution in [3.05, 3.63) is 48.2 Å². The summed E-state index contributed by atoms with van der Waals surface area (Å²) in [7, 11) is -3.53. The first-order valence-electron chi connectivity index (χ1n) is 6.58. The summed E-state index contributed by atoms with van der Waals surface area (Å²) in [5, 5.41) is 0. The molecule has 0 atom stereocenters. The molecule has 122 valence electrons. The van der Waals surface area contributed by atoms with E-state index in [0.717, 1.165) is 0 Å². The van der Waals surface area contributed by atoms with E-state index in [1.54, 1.807) is 23.3 Å². The lowest BCUT2D eigenvalue weighted by molar-refractivity contribution is -0.274. The van der Waals surface area contributed by atoms with Crippen LogP contribution in [0.4, 0.5) is 13.2 Å². The summed E-state index contributed by atoms with van der Waals surface area (Å²) in [5.74, 6) is -0.154. The average Bonchev–Trinajstić information content (AvgIpc) is 2.45. The van der Waals surface area contributed by atoms with Gasteiger partial charge < -0.3 is 9.64 Å². The van der Waals surface area contributed by atoms with Gasteiger partial charge in [-0.25, -0.2) is 8.42 Å². The number of sulfonamides is 1. The Labute approximate surface area is 130 Å². The van der Waals surface area contributed by atoms with Gasteiger partial charge in [-0.15, -0.1) is 17.6 Å². The van der Waals surface area contributed by atoms with E-state index < -0.39 is 16.4 Å². The van der Waals surface area contributed by atoms with Crippen molar-refractivity contribution in [2.45, 2.75) is 6.36 Å². The van der Waals surface area contributed by atoms with Gasteiger partial charge in [0.15, 0.2) is 5.84 Å². The summed E-state index contributed by atoms with van der Waals surface area (Å²) in [6, 6.07) is 5.19. The predicted octanol–water partition coefficient (Wildman–Crippen LogP) is 2.54. The number of nitrogens with zero attached hydrogens (tertiary/aromatic N) is 2. The summed E-state index contributed by atoms with van der Waals surface area (Å²) in [6.45, 7) is 0.282. The molecule has 0 spiro atoms.